The molecule has 1 aromatic carbocycles. The van der Waals surface area contributed by atoms with Crippen LogP contribution < -0.4 is 14.8 Å². The fourth-order valence-corrected chi connectivity index (χ4v) is 1.80. The minimum Gasteiger partial charge on any atom is -0.505 e. The van der Waals surface area contributed by atoms with Gasteiger partial charge in [-0.3, -0.25) is 9.59 Å². The molecule has 1 amide bonds. The number of carbonyl (C=O) groups excluding carboxylic acids is 2. The number of nitrogens with zero attached hydrogens (tertiary/aromatic N) is 2. The lowest BCUT2D eigenvalue weighted by molar-refractivity contribution is -0.143. The Morgan fingerprint density at radius 2 is 1.96 bits per heavy atom. The average Bonchev–Trinajstić information content (AvgIpc) is 2.61. The zero-order chi connectivity index (χ0) is 18.7. The summed E-state index contributed by atoms with van der Waals surface area (Å²) >= 11 is 0. The van der Waals surface area contributed by atoms with Gasteiger partial charge in [-0.2, -0.15) is 0 Å². The first-order valence-corrected chi connectivity index (χ1v) is 7.50. The van der Waals surface area contributed by atoms with Crippen molar-refractivity contribution in [3.8, 4) is 11.5 Å². The predicted molar refractivity (Wildman–Crippen MR) is 87.5 cm³/mol. The number of esters is 1. The van der Waals surface area contributed by atoms with Gasteiger partial charge in [0, 0.05) is 6.42 Å². The van der Waals surface area contributed by atoms with Crippen molar-refractivity contribution in [1.82, 2.24) is 5.32 Å². The Kier molecular flexibility index (Phi) is 8.29. The van der Waals surface area contributed by atoms with Gasteiger partial charge in [0.25, 0.3) is 0 Å². The lowest BCUT2D eigenvalue weighted by Gasteiger charge is -2.09. The molecule has 0 radical (unpaired) electrons. The molecule has 0 unspecified atom stereocenters. The van der Waals surface area contributed by atoms with Gasteiger partial charge in [-0.1, -0.05) is 12.1 Å². The summed E-state index contributed by atoms with van der Waals surface area (Å²) in [4.78, 5) is 25.7. The van der Waals surface area contributed by atoms with Crippen LogP contribution in [0, 0.1) is 5.39 Å². The summed E-state index contributed by atoms with van der Waals surface area (Å²) in [6.45, 7) is 1.40. The highest BCUT2D eigenvalue weighted by atomic mass is 16.5. The number of para-hydroxylation sites is 2. The van der Waals surface area contributed by atoms with Crippen molar-refractivity contribution in [2.24, 2.45) is 0 Å². The monoisotopic (exact) mass is 350 g/mol. The maximum Gasteiger partial charge on any atom is 0.485 e. The molecule has 134 valence electrons. The van der Waals surface area contributed by atoms with E-state index in [1.54, 1.807) is 31.2 Å². The molecule has 0 saturated carbocycles. The molecule has 0 aliphatic heterocycles. The number of hydrogen-bond donors (Lipinski definition) is 2. The topological polar surface area (TPSA) is 122 Å². The molecule has 9 nitrogen and oxygen atoms in total. The predicted octanol–water partition coefficient (Wildman–Crippen LogP) is 1.77. The van der Waals surface area contributed by atoms with Gasteiger partial charge in [0.15, 0.2) is 22.2 Å². The Morgan fingerprint density at radius 3 is 2.56 bits per heavy atom. The number of methoxy groups -OCH3 is 1. The number of diazo groups is 1. The molecule has 1 aromatic rings. The van der Waals surface area contributed by atoms with Crippen LogP contribution in [0.5, 0.6) is 11.5 Å². The van der Waals surface area contributed by atoms with E-state index in [0.29, 0.717) is 11.5 Å². The SMILES string of the molecule is CCOC(=O)CNC(=O)/C([N+]#N)=C(\O)CCOc1ccccc1OC. The van der Waals surface area contributed by atoms with E-state index in [0.717, 1.165) is 0 Å². The van der Waals surface area contributed by atoms with Crippen molar-refractivity contribution in [3.05, 3.63) is 40.7 Å². The van der Waals surface area contributed by atoms with Gasteiger partial charge in [0.1, 0.15) is 6.54 Å². The summed E-state index contributed by atoms with van der Waals surface area (Å²) in [5, 5.41) is 21.0. The quantitative estimate of drug-likeness (QED) is 0.301. The molecule has 9 heteroatoms. The smallest absolute Gasteiger partial charge is 0.485 e. The maximum absolute atomic E-state index is 11.8. The van der Waals surface area contributed by atoms with Crippen LogP contribution in [0.3, 0.4) is 0 Å². The largest absolute Gasteiger partial charge is 0.505 e. The zero-order valence-electron chi connectivity index (χ0n) is 14.0. The van der Waals surface area contributed by atoms with Gasteiger partial charge in [-0.25, -0.2) is 0 Å². The number of ether oxygens (including phenoxy) is 3. The molecule has 0 atom stereocenters. The Labute approximate surface area is 144 Å². The molecule has 2 N–H and O–H groups in total. The third-order valence-corrected chi connectivity index (χ3v) is 2.95. The highest BCUT2D eigenvalue weighted by molar-refractivity contribution is 5.97. The fraction of sp³-hybridized carbons (Fsp3) is 0.375. The van der Waals surface area contributed by atoms with Gasteiger partial charge in [0.2, 0.25) is 5.39 Å². The number of aliphatic hydroxyl groups excluding tert-OH is 1. The van der Waals surface area contributed by atoms with E-state index in [1.165, 1.54) is 7.11 Å². The molecule has 1 rings (SSSR count). The van der Waals surface area contributed by atoms with Crippen LogP contribution in [0.15, 0.2) is 35.7 Å². The third-order valence-electron chi connectivity index (χ3n) is 2.95. The molecule has 0 heterocycles. The lowest BCUT2D eigenvalue weighted by Crippen LogP contribution is -2.31. The first-order valence-electron chi connectivity index (χ1n) is 7.50. The van der Waals surface area contributed by atoms with Crippen molar-refractivity contribution < 1.29 is 28.9 Å². The number of benzene rings is 1. The molecule has 0 fully saturated rings. The van der Waals surface area contributed by atoms with Gasteiger partial charge >= 0.3 is 17.6 Å². The summed E-state index contributed by atoms with van der Waals surface area (Å²) in [5.41, 5.74) is -0.604. The summed E-state index contributed by atoms with van der Waals surface area (Å²) in [5.74, 6) is -1.06. The molecule has 0 aromatic heterocycles. The molecule has 25 heavy (non-hydrogen) atoms. The summed E-state index contributed by atoms with van der Waals surface area (Å²) in [7, 11) is 1.50. The van der Waals surface area contributed by atoms with Gasteiger partial charge in [0.05, 0.1) is 20.3 Å². The van der Waals surface area contributed by atoms with E-state index in [9.17, 15) is 14.7 Å². The average molecular weight is 350 g/mol. The van der Waals surface area contributed by atoms with Crippen molar-refractivity contribution in [1.29, 1.82) is 5.39 Å². The van der Waals surface area contributed by atoms with Crippen LogP contribution in [0.1, 0.15) is 13.3 Å². The summed E-state index contributed by atoms with van der Waals surface area (Å²) in [6.07, 6.45) is -0.0930. The van der Waals surface area contributed by atoms with Gasteiger partial charge in [-0.15, -0.1) is 0 Å². The number of amides is 1. The summed E-state index contributed by atoms with van der Waals surface area (Å²) < 4.78 is 15.2. The molecule has 0 aliphatic rings. The Hall–Kier alpha value is -3.28. The first kappa shape index (κ1) is 19.8. The van der Waals surface area contributed by atoms with Crippen LogP contribution >= 0.6 is 0 Å². The van der Waals surface area contributed by atoms with E-state index >= 15 is 0 Å². The van der Waals surface area contributed by atoms with Crippen LogP contribution in [0.2, 0.25) is 0 Å². The second kappa shape index (κ2) is 10.5. The van der Waals surface area contributed by atoms with Crippen LogP contribution in [-0.2, 0) is 14.3 Å². The minimum absolute atomic E-state index is 0.0103. The van der Waals surface area contributed by atoms with Crippen LogP contribution in [-0.4, -0.2) is 43.9 Å². The van der Waals surface area contributed by atoms with E-state index in [-0.39, 0.29) is 19.6 Å². The second-order valence-corrected chi connectivity index (χ2v) is 4.63. The maximum atomic E-state index is 11.8. The zero-order valence-corrected chi connectivity index (χ0v) is 14.0. The van der Waals surface area contributed by atoms with Crippen LogP contribution in [0.25, 0.3) is 4.98 Å². The van der Waals surface area contributed by atoms with Gasteiger partial charge < -0.3 is 24.6 Å². The second-order valence-electron chi connectivity index (χ2n) is 4.63. The highest BCUT2D eigenvalue weighted by Crippen LogP contribution is 2.26. The van der Waals surface area contributed by atoms with Crippen LogP contribution in [0.4, 0.5) is 0 Å². The lowest BCUT2D eigenvalue weighted by atomic mass is 10.2. The number of hydrogen-bond acceptors (Lipinski definition) is 7. The van der Waals surface area contributed by atoms with Crippen molar-refractivity contribution >= 4 is 11.9 Å². The molecule has 0 bridgehead atoms. The van der Waals surface area contributed by atoms with Gasteiger partial charge in [-0.05, 0) is 19.1 Å². The van der Waals surface area contributed by atoms with E-state index in [2.05, 4.69) is 15.0 Å². The van der Waals surface area contributed by atoms with E-state index < -0.39 is 29.9 Å². The molecular formula is C16H20N3O6+. The molecule has 0 saturated heterocycles. The number of carbonyl (C=O) groups is 2. The Morgan fingerprint density at radius 1 is 1.28 bits per heavy atom. The van der Waals surface area contributed by atoms with E-state index in [4.69, 9.17) is 14.9 Å². The fourth-order valence-electron chi connectivity index (χ4n) is 1.80. The number of nitrogens with one attached hydrogen (secondary N) is 1. The summed E-state index contributed by atoms with van der Waals surface area (Å²) in [6, 6.07) is 6.93. The number of aliphatic hydroxyl groups is 1. The van der Waals surface area contributed by atoms with Crippen molar-refractivity contribution in [2.45, 2.75) is 13.3 Å². The first-order chi connectivity index (χ1) is 12.0. The Balaban J connectivity index is 2.61. The molecule has 0 aliphatic carbocycles. The van der Waals surface area contributed by atoms with Crippen molar-refractivity contribution in [3.63, 3.8) is 0 Å². The minimum atomic E-state index is -0.912. The van der Waals surface area contributed by atoms with Crippen molar-refractivity contribution in [2.75, 3.05) is 26.9 Å². The molecule has 0 spiro atoms. The Bertz CT molecular complexity index is 681. The molecular weight excluding hydrogens is 330 g/mol. The standard InChI is InChI=1S/C16H19N3O6/c1-3-24-14(21)10-18-16(22)15(19-17)11(20)8-9-25-13-7-5-4-6-12(13)23-2/h4-7H,3,8-10H2,1-2H3,(H-,18,20,22)/p+1. The highest BCUT2D eigenvalue weighted by Gasteiger charge is 2.29. The number of rotatable bonds is 9. The normalized spacial score (nSPS) is 10.9. The third kappa shape index (κ3) is 6.39. The van der Waals surface area contributed by atoms with E-state index in [1.807, 2.05) is 0 Å².